The molecule has 0 heterocycles. The molecular formula is C25H40O10. The summed E-state index contributed by atoms with van der Waals surface area (Å²) in [5.41, 5.74) is 0. The summed E-state index contributed by atoms with van der Waals surface area (Å²) < 4.78 is 24.1. The fourth-order valence-corrected chi connectivity index (χ4v) is 4.08. The number of esters is 5. The average molecular weight is 501 g/mol. The molecule has 0 bridgehead atoms. The Morgan fingerprint density at radius 2 is 1.17 bits per heavy atom. The standard InChI is InChI=1S/C25H40O10/c1-7-17(19(24(29)34-5)15-22(27)32-3)18(20(25(30)35-6)16-23(28)33-4)13-11-9-8-10-12-14-21(26)31-2/h11,13,17-20H,7-10,12,14-16H2,1-6H3/b13-11+. The maximum atomic E-state index is 12.7. The van der Waals surface area contributed by atoms with Gasteiger partial charge in [-0.3, -0.25) is 24.0 Å². The molecule has 0 amide bonds. The molecule has 0 aromatic heterocycles. The van der Waals surface area contributed by atoms with Gasteiger partial charge in [-0.25, -0.2) is 0 Å². The highest BCUT2D eigenvalue weighted by Crippen LogP contribution is 2.37. The third-order valence-corrected chi connectivity index (χ3v) is 6.02. The van der Waals surface area contributed by atoms with E-state index < -0.39 is 47.5 Å². The van der Waals surface area contributed by atoms with Gasteiger partial charge in [-0.2, -0.15) is 0 Å². The molecule has 200 valence electrons. The fraction of sp³-hybridized carbons (Fsp3) is 0.720. The molecule has 0 aromatic carbocycles. The SMILES string of the molecule is CCC(C(CC(=O)OC)C(=O)OC)C(/C=C/CCCCCC(=O)OC)C(CC(=O)OC)C(=O)OC. The zero-order valence-corrected chi connectivity index (χ0v) is 21.7. The molecule has 0 saturated carbocycles. The second-order valence-electron chi connectivity index (χ2n) is 8.07. The molecule has 0 spiro atoms. The van der Waals surface area contributed by atoms with Gasteiger partial charge >= 0.3 is 29.8 Å². The lowest BCUT2D eigenvalue weighted by Gasteiger charge is -2.33. The van der Waals surface area contributed by atoms with E-state index >= 15 is 0 Å². The van der Waals surface area contributed by atoms with E-state index in [0.717, 1.165) is 12.8 Å². The van der Waals surface area contributed by atoms with Crippen LogP contribution in [0.3, 0.4) is 0 Å². The minimum Gasteiger partial charge on any atom is -0.469 e. The van der Waals surface area contributed by atoms with Crippen LogP contribution in [0.25, 0.3) is 0 Å². The maximum absolute atomic E-state index is 12.7. The van der Waals surface area contributed by atoms with Crippen LogP contribution in [0.4, 0.5) is 0 Å². The molecule has 35 heavy (non-hydrogen) atoms. The molecule has 0 N–H and O–H groups in total. The zero-order chi connectivity index (χ0) is 26.8. The van der Waals surface area contributed by atoms with Crippen LogP contribution in [0.15, 0.2) is 12.2 Å². The lowest BCUT2D eigenvalue weighted by Crippen LogP contribution is -2.38. The second-order valence-corrected chi connectivity index (χ2v) is 8.07. The lowest BCUT2D eigenvalue weighted by molar-refractivity contribution is -0.158. The summed E-state index contributed by atoms with van der Waals surface area (Å²) in [6.07, 6.45) is 6.90. The Morgan fingerprint density at radius 1 is 0.657 bits per heavy atom. The van der Waals surface area contributed by atoms with Crippen molar-refractivity contribution in [1.82, 2.24) is 0 Å². The van der Waals surface area contributed by atoms with Crippen molar-refractivity contribution >= 4 is 29.8 Å². The van der Waals surface area contributed by atoms with Crippen LogP contribution in [0.2, 0.25) is 0 Å². The molecule has 0 fully saturated rings. The van der Waals surface area contributed by atoms with E-state index in [1.54, 1.807) is 6.08 Å². The van der Waals surface area contributed by atoms with E-state index in [4.69, 9.17) is 18.9 Å². The average Bonchev–Trinajstić information content (AvgIpc) is 2.88. The Kier molecular flexibility index (Phi) is 16.9. The number of methoxy groups -OCH3 is 5. The molecule has 0 aromatic rings. The number of hydrogen-bond acceptors (Lipinski definition) is 10. The van der Waals surface area contributed by atoms with Crippen LogP contribution in [-0.2, 0) is 47.7 Å². The van der Waals surface area contributed by atoms with Crippen molar-refractivity contribution in [2.24, 2.45) is 23.7 Å². The van der Waals surface area contributed by atoms with Crippen LogP contribution in [0.1, 0.15) is 58.3 Å². The van der Waals surface area contributed by atoms with Gasteiger partial charge in [0, 0.05) is 6.42 Å². The van der Waals surface area contributed by atoms with Gasteiger partial charge in [0.1, 0.15) is 0 Å². The van der Waals surface area contributed by atoms with E-state index in [1.807, 2.05) is 13.0 Å². The largest absolute Gasteiger partial charge is 0.469 e. The van der Waals surface area contributed by atoms with E-state index in [2.05, 4.69) is 4.74 Å². The Bertz CT molecular complexity index is 715. The number of unbranched alkanes of at least 4 members (excludes halogenated alkanes) is 3. The molecule has 10 heteroatoms. The Hall–Kier alpha value is -2.91. The maximum Gasteiger partial charge on any atom is 0.309 e. The summed E-state index contributed by atoms with van der Waals surface area (Å²) in [6, 6.07) is 0. The highest BCUT2D eigenvalue weighted by atomic mass is 16.5. The van der Waals surface area contributed by atoms with Gasteiger partial charge in [-0.1, -0.05) is 31.9 Å². The smallest absolute Gasteiger partial charge is 0.309 e. The van der Waals surface area contributed by atoms with E-state index in [1.165, 1.54) is 35.5 Å². The summed E-state index contributed by atoms with van der Waals surface area (Å²) in [4.78, 5) is 60.8. The van der Waals surface area contributed by atoms with Crippen molar-refractivity contribution in [3.05, 3.63) is 12.2 Å². The van der Waals surface area contributed by atoms with Crippen LogP contribution in [0, 0.1) is 23.7 Å². The van der Waals surface area contributed by atoms with Crippen LogP contribution in [-0.4, -0.2) is 65.4 Å². The van der Waals surface area contributed by atoms with Gasteiger partial charge in [-0.15, -0.1) is 0 Å². The normalized spacial score (nSPS) is 14.3. The quantitative estimate of drug-likeness (QED) is 0.127. The Morgan fingerprint density at radius 3 is 1.66 bits per heavy atom. The third kappa shape index (κ3) is 11.9. The van der Waals surface area contributed by atoms with Gasteiger partial charge in [0.05, 0.1) is 60.2 Å². The first-order valence-electron chi connectivity index (χ1n) is 11.7. The van der Waals surface area contributed by atoms with Gasteiger partial charge in [0.15, 0.2) is 0 Å². The van der Waals surface area contributed by atoms with E-state index in [0.29, 0.717) is 25.7 Å². The monoisotopic (exact) mass is 500 g/mol. The number of allylic oxidation sites excluding steroid dienone is 2. The van der Waals surface area contributed by atoms with Crippen molar-refractivity contribution < 1.29 is 47.7 Å². The van der Waals surface area contributed by atoms with Crippen molar-refractivity contribution in [3.63, 3.8) is 0 Å². The molecule has 0 saturated heterocycles. The summed E-state index contributed by atoms with van der Waals surface area (Å²) >= 11 is 0. The number of rotatable bonds is 17. The molecule has 4 unspecified atom stereocenters. The second kappa shape index (κ2) is 18.4. The van der Waals surface area contributed by atoms with Crippen molar-refractivity contribution in [2.45, 2.75) is 58.3 Å². The molecule has 10 nitrogen and oxygen atoms in total. The topological polar surface area (TPSA) is 132 Å². The summed E-state index contributed by atoms with van der Waals surface area (Å²) in [6.45, 7) is 1.83. The van der Waals surface area contributed by atoms with E-state index in [9.17, 15) is 24.0 Å². The first kappa shape index (κ1) is 32.1. The highest BCUT2D eigenvalue weighted by molar-refractivity contribution is 5.82. The molecule has 0 radical (unpaired) electrons. The lowest BCUT2D eigenvalue weighted by atomic mass is 9.71. The van der Waals surface area contributed by atoms with Crippen molar-refractivity contribution in [2.75, 3.05) is 35.5 Å². The first-order valence-corrected chi connectivity index (χ1v) is 11.7. The molecule has 0 aliphatic rings. The Balaban J connectivity index is 5.95. The minimum atomic E-state index is -0.933. The molecule has 0 aliphatic carbocycles. The van der Waals surface area contributed by atoms with Gasteiger partial charge in [-0.05, 0) is 31.1 Å². The molecule has 0 aliphatic heterocycles. The van der Waals surface area contributed by atoms with E-state index in [-0.39, 0.29) is 18.8 Å². The predicted molar refractivity (Wildman–Crippen MR) is 126 cm³/mol. The summed E-state index contributed by atoms with van der Waals surface area (Å²) in [5.74, 6) is -5.63. The van der Waals surface area contributed by atoms with Gasteiger partial charge in [0.25, 0.3) is 0 Å². The number of hydrogen-bond donors (Lipinski definition) is 0. The third-order valence-electron chi connectivity index (χ3n) is 6.02. The zero-order valence-electron chi connectivity index (χ0n) is 21.7. The molecular weight excluding hydrogens is 460 g/mol. The fourth-order valence-electron chi connectivity index (χ4n) is 4.08. The predicted octanol–water partition coefficient (Wildman–Crippen LogP) is 3.01. The van der Waals surface area contributed by atoms with Crippen molar-refractivity contribution in [3.8, 4) is 0 Å². The van der Waals surface area contributed by atoms with Crippen LogP contribution >= 0.6 is 0 Å². The van der Waals surface area contributed by atoms with Gasteiger partial charge < -0.3 is 23.7 Å². The summed E-state index contributed by atoms with van der Waals surface area (Å²) in [7, 11) is 6.25. The molecule has 0 rings (SSSR count). The Labute approximate surface area is 207 Å². The summed E-state index contributed by atoms with van der Waals surface area (Å²) in [5, 5.41) is 0. The highest BCUT2D eigenvalue weighted by Gasteiger charge is 2.41. The van der Waals surface area contributed by atoms with Gasteiger partial charge in [0.2, 0.25) is 0 Å². The number of carbonyl (C=O) groups is 5. The van der Waals surface area contributed by atoms with Crippen molar-refractivity contribution in [1.29, 1.82) is 0 Å². The van der Waals surface area contributed by atoms with Crippen LogP contribution < -0.4 is 0 Å². The van der Waals surface area contributed by atoms with Crippen LogP contribution in [0.5, 0.6) is 0 Å². The number of ether oxygens (including phenoxy) is 5. The first-order chi connectivity index (χ1) is 16.7. The minimum absolute atomic E-state index is 0.230. The number of carbonyl (C=O) groups excluding carboxylic acids is 5. The molecule has 4 atom stereocenters.